The average Bonchev–Trinajstić information content (AvgIpc) is 2.35. The zero-order valence-corrected chi connectivity index (χ0v) is 10.7. The van der Waals surface area contributed by atoms with Crippen molar-refractivity contribution in [1.29, 1.82) is 0 Å². The fraction of sp³-hybridized carbons (Fsp3) is 0.636. The van der Waals surface area contributed by atoms with Gasteiger partial charge in [-0.05, 0) is 6.92 Å². The Kier molecular flexibility index (Phi) is 6.98. The molecule has 0 aromatic carbocycles. The molecule has 3 N–H and O–H groups in total. The van der Waals surface area contributed by atoms with Gasteiger partial charge in [0.15, 0.2) is 5.82 Å². The molecule has 1 rings (SSSR count). The summed E-state index contributed by atoms with van der Waals surface area (Å²) in [5.74, 6) is 1.31. The van der Waals surface area contributed by atoms with Crippen LogP contribution in [0.5, 0.6) is 0 Å². The van der Waals surface area contributed by atoms with Crippen molar-refractivity contribution >= 4 is 11.6 Å². The van der Waals surface area contributed by atoms with E-state index >= 15 is 0 Å². The van der Waals surface area contributed by atoms with Crippen molar-refractivity contribution < 1.29 is 18.3 Å². The van der Waals surface area contributed by atoms with Crippen molar-refractivity contribution in [2.24, 2.45) is 0 Å². The molecule has 0 saturated carbocycles. The second-order valence-corrected chi connectivity index (χ2v) is 3.62. The van der Waals surface area contributed by atoms with Crippen molar-refractivity contribution in [3.8, 4) is 0 Å². The standard InChI is InChI=1S/C11H18F2N4O2/c1-2-18-7-11-16-9(14)5-10(17-11)15-3-4-19-6-8(12)13/h5,8H,2-4,6-7H2,1H3,(H3,14,15,16,17). The van der Waals surface area contributed by atoms with Crippen LogP contribution in [-0.4, -0.2) is 42.8 Å². The molecule has 1 aromatic rings. The monoisotopic (exact) mass is 276 g/mol. The number of hydrogen-bond acceptors (Lipinski definition) is 6. The summed E-state index contributed by atoms with van der Waals surface area (Å²) in [5.41, 5.74) is 5.62. The highest BCUT2D eigenvalue weighted by molar-refractivity contribution is 5.44. The van der Waals surface area contributed by atoms with E-state index < -0.39 is 13.0 Å². The van der Waals surface area contributed by atoms with E-state index in [0.717, 1.165) is 0 Å². The lowest BCUT2D eigenvalue weighted by Crippen LogP contribution is -2.14. The van der Waals surface area contributed by atoms with Crippen LogP contribution in [0.2, 0.25) is 0 Å². The summed E-state index contributed by atoms with van der Waals surface area (Å²) in [6.07, 6.45) is -2.45. The lowest BCUT2D eigenvalue weighted by atomic mass is 10.5. The molecule has 0 bridgehead atoms. The number of ether oxygens (including phenoxy) is 2. The van der Waals surface area contributed by atoms with Crippen LogP contribution in [0.1, 0.15) is 12.7 Å². The smallest absolute Gasteiger partial charge is 0.261 e. The van der Waals surface area contributed by atoms with Crippen LogP contribution in [0.15, 0.2) is 6.07 Å². The second kappa shape index (κ2) is 8.54. The Morgan fingerprint density at radius 2 is 2.16 bits per heavy atom. The van der Waals surface area contributed by atoms with Crippen LogP contribution in [0.25, 0.3) is 0 Å². The fourth-order valence-electron chi connectivity index (χ4n) is 1.29. The minimum absolute atomic E-state index is 0.162. The minimum atomic E-state index is -2.45. The quantitative estimate of drug-likeness (QED) is 0.661. The van der Waals surface area contributed by atoms with Gasteiger partial charge in [-0.3, -0.25) is 0 Å². The van der Waals surface area contributed by atoms with E-state index in [4.69, 9.17) is 15.2 Å². The topological polar surface area (TPSA) is 82.3 Å². The molecule has 0 radical (unpaired) electrons. The summed E-state index contributed by atoms with van der Waals surface area (Å²) in [7, 11) is 0. The van der Waals surface area contributed by atoms with E-state index in [1.165, 1.54) is 0 Å². The number of alkyl halides is 2. The van der Waals surface area contributed by atoms with Crippen molar-refractivity contribution in [3.63, 3.8) is 0 Å². The summed E-state index contributed by atoms with van der Waals surface area (Å²) in [4.78, 5) is 8.18. The van der Waals surface area contributed by atoms with Gasteiger partial charge in [-0.25, -0.2) is 18.7 Å². The Morgan fingerprint density at radius 3 is 2.84 bits per heavy atom. The molecular formula is C11H18F2N4O2. The molecule has 0 atom stereocenters. The normalized spacial score (nSPS) is 10.9. The molecule has 0 unspecified atom stereocenters. The highest BCUT2D eigenvalue weighted by Gasteiger charge is 2.04. The third-order valence-corrected chi connectivity index (χ3v) is 2.02. The Bertz CT molecular complexity index is 380. The average molecular weight is 276 g/mol. The fourth-order valence-corrected chi connectivity index (χ4v) is 1.29. The summed E-state index contributed by atoms with van der Waals surface area (Å²) >= 11 is 0. The van der Waals surface area contributed by atoms with Crippen molar-refractivity contribution in [2.45, 2.75) is 20.0 Å². The number of aromatic nitrogens is 2. The zero-order chi connectivity index (χ0) is 14.1. The van der Waals surface area contributed by atoms with Crippen LogP contribution >= 0.6 is 0 Å². The van der Waals surface area contributed by atoms with Crippen LogP contribution in [-0.2, 0) is 16.1 Å². The number of anilines is 2. The van der Waals surface area contributed by atoms with Gasteiger partial charge in [-0.15, -0.1) is 0 Å². The maximum absolute atomic E-state index is 11.8. The summed E-state index contributed by atoms with van der Waals surface area (Å²) in [5, 5.41) is 2.92. The Labute approximate surface area is 110 Å². The van der Waals surface area contributed by atoms with E-state index in [1.807, 2.05) is 6.92 Å². The number of nitrogen functional groups attached to an aromatic ring is 1. The SMILES string of the molecule is CCOCc1nc(N)cc(NCCOCC(F)F)n1. The molecule has 108 valence electrons. The molecule has 0 spiro atoms. The summed E-state index contributed by atoms with van der Waals surface area (Å²) < 4.78 is 33.5. The highest BCUT2D eigenvalue weighted by atomic mass is 19.3. The van der Waals surface area contributed by atoms with Gasteiger partial charge in [0, 0.05) is 19.2 Å². The lowest BCUT2D eigenvalue weighted by molar-refractivity contribution is 0.0214. The van der Waals surface area contributed by atoms with Crippen molar-refractivity contribution in [1.82, 2.24) is 9.97 Å². The molecule has 0 saturated heterocycles. The van der Waals surface area contributed by atoms with E-state index in [-0.39, 0.29) is 13.2 Å². The van der Waals surface area contributed by atoms with Gasteiger partial charge in [0.25, 0.3) is 6.43 Å². The lowest BCUT2D eigenvalue weighted by Gasteiger charge is -2.08. The van der Waals surface area contributed by atoms with Gasteiger partial charge in [0.05, 0.1) is 6.61 Å². The molecule has 0 aliphatic heterocycles. The van der Waals surface area contributed by atoms with E-state index in [0.29, 0.717) is 30.6 Å². The Hall–Kier alpha value is -1.54. The van der Waals surface area contributed by atoms with E-state index in [2.05, 4.69) is 15.3 Å². The largest absolute Gasteiger partial charge is 0.384 e. The number of nitrogens with one attached hydrogen (secondary N) is 1. The maximum atomic E-state index is 11.8. The highest BCUT2D eigenvalue weighted by Crippen LogP contribution is 2.08. The molecule has 8 heteroatoms. The minimum Gasteiger partial charge on any atom is -0.384 e. The first kappa shape index (κ1) is 15.5. The molecule has 0 fully saturated rings. The molecule has 0 aliphatic carbocycles. The van der Waals surface area contributed by atoms with Gasteiger partial charge in [-0.2, -0.15) is 0 Å². The van der Waals surface area contributed by atoms with Gasteiger partial charge in [0.2, 0.25) is 0 Å². The van der Waals surface area contributed by atoms with Gasteiger partial charge < -0.3 is 20.5 Å². The summed E-state index contributed by atoms with van der Waals surface area (Å²) in [6, 6.07) is 1.56. The van der Waals surface area contributed by atoms with Gasteiger partial charge >= 0.3 is 0 Å². The number of halogens is 2. The molecule has 19 heavy (non-hydrogen) atoms. The molecular weight excluding hydrogens is 258 g/mol. The van der Waals surface area contributed by atoms with Crippen LogP contribution < -0.4 is 11.1 Å². The number of nitrogens with zero attached hydrogens (tertiary/aromatic N) is 2. The van der Waals surface area contributed by atoms with Gasteiger partial charge in [-0.1, -0.05) is 0 Å². The van der Waals surface area contributed by atoms with Crippen molar-refractivity contribution in [2.75, 3.05) is 37.4 Å². The predicted octanol–water partition coefficient (Wildman–Crippen LogP) is 1.29. The Balaban J connectivity index is 2.38. The van der Waals surface area contributed by atoms with Gasteiger partial charge in [0.1, 0.15) is 24.8 Å². The molecule has 1 aromatic heterocycles. The number of nitrogens with two attached hydrogens (primary N) is 1. The summed E-state index contributed by atoms with van der Waals surface area (Å²) in [6.45, 7) is 2.65. The first-order valence-corrected chi connectivity index (χ1v) is 5.92. The number of hydrogen-bond donors (Lipinski definition) is 2. The molecule has 0 amide bonds. The second-order valence-electron chi connectivity index (χ2n) is 3.62. The molecule has 6 nitrogen and oxygen atoms in total. The van der Waals surface area contributed by atoms with Crippen LogP contribution in [0.4, 0.5) is 20.4 Å². The van der Waals surface area contributed by atoms with Crippen molar-refractivity contribution in [3.05, 3.63) is 11.9 Å². The predicted molar refractivity (Wildman–Crippen MR) is 67.1 cm³/mol. The van der Waals surface area contributed by atoms with Crippen LogP contribution in [0.3, 0.4) is 0 Å². The zero-order valence-electron chi connectivity index (χ0n) is 10.7. The number of rotatable bonds is 9. The maximum Gasteiger partial charge on any atom is 0.261 e. The van der Waals surface area contributed by atoms with E-state index in [9.17, 15) is 8.78 Å². The van der Waals surface area contributed by atoms with E-state index in [1.54, 1.807) is 6.07 Å². The third-order valence-electron chi connectivity index (χ3n) is 2.02. The first-order chi connectivity index (χ1) is 9.11. The molecule has 1 heterocycles. The van der Waals surface area contributed by atoms with Crippen LogP contribution in [0, 0.1) is 0 Å². The Morgan fingerprint density at radius 1 is 1.37 bits per heavy atom. The molecule has 0 aliphatic rings. The third kappa shape index (κ3) is 6.82. The first-order valence-electron chi connectivity index (χ1n) is 5.92.